The smallest absolute Gasteiger partial charge is 0.0408 e. The number of nitrogens with one attached hydrogen (secondary N) is 1. The van der Waals surface area contributed by atoms with E-state index >= 15 is 0 Å². The number of rotatable bonds is 1. The lowest BCUT2D eigenvalue weighted by Gasteiger charge is -2.43. The van der Waals surface area contributed by atoms with Gasteiger partial charge in [-0.25, -0.2) is 0 Å². The first-order chi connectivity index (χ1) is 9.01. The highest BCUT2D eigenvalue weighted by Gasteiger charge is 2.49. The SMILES string of the molecule is CC1(C)CCC2(CCNCC2c2cccc(Cl)c2)C1. The van der Waals surface area contributed by atoms with Crippen molar-refractivity contribution in [3.63, 3.8) is 0 Å². The Kier molecular flexibility index (Phi) is 3.39. The monoisotopic (exact) mass is 277 g/mol. The van der Waals surface area contributed by atoms with E-state index in [0.29, 0.717) is 16.7 Å². The molecule has 1 aliphatic heterocycles. The van der Waals surface area contributed by atoms with E-state index in [1.165, 1.54) is 37.8 Å². The zero-order valence-corrected chi connectivity index (χ0v) is 12.8. The summed E-state index contributed by atoms with van der Waals surface area (Å²) in [6.07, 6.45) is 5.41. The third-order valence-electron chi connectivity index (χ3n) is 5.27. The van der Waals surface area contributed by atoms with Crippen LogP contribution in [0.15, 0.2) is 24.3 Å². The number of hydrogen-bond donors (Lipinski definition) is 1. The minimum absolute atomic E-state index is 0.499. The summed E-state index contributed by atoms with van der Waals surface area (Å²) >= 11 is 6.19. The van der Waals surface area contributed by atoms with Gasteiger partial charge in [0.15, 0.2) is 0 Å². The fourth-order valence-electron chi connectivity index (χ4n) is 4.40. The predicted octanol–water partition coefficient (Wildman–Crippen LogP) is 4.61. The summed E-state index contributed by atoms with van der Waals surface area (Å²) in [5.41, 5.74) is 2.44. The first-order valence-electron chi connectivity index (χ1n) is 7.47. The molecule has 2 heteroatoms. The van der Waals surface area contributed by atoms with Crippen LogP contribution in [0.25, 0.3) is 0 Å². The van der Waals surface area contributed by atoms with Crippen LogP contribution in [0.4, 0.5) is 0 Å². The van der Waals surface area contributed by atoms with E-state index in [2.05, 4.69) is 37.4 Å². The zero-order valence-electron chi connectivity index (χ0n) is 12.0. The molecule has 2 aliphatic rings. The first-order valence-corrected chi connectivity index (χ1v) is 7.85. The quantitative estimate of drug-likeness (QED) is 0.790. The maximum absolute atomic E-state index is 6.19. The molecule has 1 aliphatic carbocycles. The highest BCUT2D eigenvalue weighted by Crippen LogP contribution is 2.58. The van der Waals surface area contributed by atoms with E-state index in [1.807, 2.05) is 6.07 Å². The third kappa shape index (κ3) is 2.55. The van der Waals surface area contributed by atoms with Crippen LogP contribution in [0.5, 0.6) is 0 Å². The highest BCUT2D eigenvalue weighted by molar-refractivity contribution is 6.30. The molecule has 1 aromatic carbocycles. The molecule has 104 valence electrons. The van der Waals surface area contributed by atoms with Crippen molar-refractivity contribution in [2.45, 2.75) is 45.4 Å². The maximum atomic E-state index is 6.19. The van der Waals surface area contributed by atoms with E-state index in [1.54, 1.807) is 0 Å². The van der Waals surface area contributed by atoms with Gasteiger partial charge in [-0.05, 0) is 60.8 Å². The lowest BCUT2D eigenvalue weighted by molar-refractivity contribution is 0.151. The van der Waals surface area contributed by atoms with Crippen molar-refractivity contribution < 1.29 is 0 Å². The lowest BCUT2D eigenvalue weighted by atomic mass is 9.65. The van der Waals surface area contributed by atoms with Gasteiger partial charge in [0, 0.05) is 17.5 Å². The summed E-state index contributed by atoms with van der Waals surface area (Å²) in [7, 11) is 0. The molecule has 1 N–H and O–H groups in total. The molecule has 1 aromatic rings. The van der Waals surface area contributed by atoms with Crippen LogP contribution >= 0.6 is 11.6 Å². The molecule has 3 rings (SSSR count). The Morgan fingerprint density at radius 2 is 2.05 bits per heavy atom. The van der Waals surface area contributed by atoms with E-state index in [0.717, 1.165) is 11.6 Å². The van der Waals surface area contributed by atoms with E-state index in [4.69, 9.17) is 11.6 Å². The second-order valence-corrected chi connectivity index (χ2v) is 7.70. The average Bonchev–Trinajstić information content (AvgIpc) is 2.66. The largest absolute Gasteiger partial charge is 0.316 e. The standard InChI is InChI=1S/C17H24ClN/c1-16(2)6-7-17(12-16)8-9-19-11-15(17)13-4-3-5-14(18)10-13/h3-5,10,15,19H,6-9,11-12H2,1-2H3. The second kappa shape index (κ2) is 4.79. The number of benzene rings is 1. The Morgan fingerprint density at radius 3 is 2.74 bits per heavy atom. The van der Waals surface area contributed by atoms with Gasteiger partial charge in [-0.2, -0.15) is 0 Å². The summed E-state index contributed by atoms with van der Waals surface area (Å²) in [5, 5.41) is 4.46. The normalized spacial score (nSPS) is 33.7. The molecule has 1 saturated carbocycles. The van der Waals surface area contributed by atoms with Crippen molar-refractivity contribution in [1.29, 1.82) is 0 Å². The van der Waals surface area contributed by atoms with Crippen LogP contribution in [-0.4, -0.2) is 13.1 Å². The fraction of sp³-hybridized carbons (Fsp3) is 0.647. The van der Waals surface area contributed by atoms with Crippen molar-refractivity contribution >= 4 is 11.6 Å². The number of hydrogen-bond acceptors (Lipinski definition) is 1. The van der Waals surface area contributed by atoms with Crippen molar-refractivity contribution in [2.24, 2.45) is 10.8 Å². The first kappa shape index (κ1) is 13.5. The van der Waals surface area contributed by atoms with Crippen LogP contribution in [0.2, 0.25) is 5.02 Å². The average molecular weight is 278 g/mol. The fourth-order valence-corrected chi connectivity index (χ4v) is 4.60. The molecule has 1 nitrogen and oxygen atoms in total. The lowest BCUT2D eigenvalue weighted by Crippen LogP contribution is -2.42. The molecule has 0 radical (unpaired) electrons. The summed E-state index contributed by atoms with van der Waals surface area (Å²) in [6.45, 7) is 7.14. The number of halogens is 1. The van der Waals surface area contributed by atoms with E-state index in [9.17, 15) is 0 Å². The minimum Gasteiger partial charge on any atom is -0.316 e. The van der Waals surface area contributed by atoms with Crippen LogP contribution in [-0.2, 0) is 0 Å². The molecule has 2 unspecified atom stereocenters. The Morgan fingerprint density at radius 1 is 1.21 bits per heavy atom. The molecule has 1 saturated heterocycles. The van der Waals surface area contributed by atoms with Gasteiger partial charge in [0.05, 0.1) is 0 Å². The molecule has 19 heavy (non-hydrogen) atoms. The van der Waals surface area contributed by atoms with Crippen LogP contribution in [0.3, 0.4) is 0 Å². The van der Waals surface area contributed by atoms with Crippen molar-refractivity contribution in [3.8, 4) is 0 Å². The number of piperidine rings is 1. The Balaban J connectivity index is 1.94. The summed E-state index contributed by atoms with van der Waals surface area (Å²) in [6, 6.07) is 8.51. The van der Waals surface area contributed by atoms with Gasteiger partial charge in [0.2, 0.25) is 0 Å². The van der Waals surface area contributed by atoms with Gasteiger partial charge in [0.25, 0.3) is 0 Å². The maximum Gasteiger partial charge on any atom is 0.0408 e. The van der Waals surface area contributed by atoms with Crippen molar-refractivity contribution in [2.75, 3.05) is 13.1 Å². The highest BCUT2D eigenvalue weighted by atomic mass is 35.5. The van der Waals surface area contributed by atoms with Crippen LogP contribution in [0, 0.1) is 10.8 Å². The molecule has 0 amide bonds. The molecule has 2 fully saturated rings. The Bertz CT molecular complexity index is 468. The van der Waals surface area contributed by atoms with E-state index in [-0.39, 0.29) is 0 Å². The van der Waals surface area contributed by atoms with Crippen molar-refractivity contribution in [3.05, 3.63) is 34.9 Å². The summed E-state index contributed by atoms with van der Waals surface area (Å²) in [4.78, 5) is 0. The molecule has 1 heterocycles. The second-order valence-electron chi connectivity index (χ2n) is 7.27. The van der Waals surface area contributed by atoms with Gasteiger partial charge in [0.1, 0.15) is 0 Å². The topological polar surface area (TPSA) is 12.0 Å². The Hall–Kier alpha value is -0.530. The minimum atomic E-state index is 0.499. The van der Waals surface area contributed by atoms with Gasteiger partial charge in [-0.1, -0.05) is 37.6 Å². The molecule has 1 spiro atoms. The van der Waals surface area contributed by atoms with Gasteiger partial charge < -0.3 is 5.32 Å². The van der Waals surface area contributed by atoms with Gasteiger partial charge in [-0.15, -0.1) is 0 Å². The zero-order chi connectivity index (χ0) is 13.5. The molecule has 0 aromatic heterocycles. The van der Waals surface area contributed by atoms with Crippen LogP contribution < -0.4 is 5.32 Å². The third-order valence-corrected chi connectivity index (χ3v) is 5.50. The Labute approximate surface area is 121 Å². The van der Waals surface area contributed by atoms with Crippen molar-refractivity contribution in [1.82, 2.24) is 5.32 Å². The predicted molar refractivity (Wildman–Crippen MR) is 81.7 cm³/mol. The van der Waals surface area contributed by atoms with Gasteiger partial charge >= 0.3 is 0 Å². The van der Waals surface area contributed by atoms with E-state index < -0.39 is 0 Å². The molecule has 0 bridgehead atoms. The molecule has 2 atom stereocenters. The summed E-state index contributed by atoms with van der Waals surface area (Å²) in [5.74, 6) is 0.627. The summed E-state index contributed by atoms with van der Waals surface area (Å²) < 4.78 is 0. The molecular formula is C17H24ClN. The van der Waals surface area contributed by atoms with Gasteiger partial charge in [-0.3, -0.25) is 0 Å². The molecular weight excluding hydrogens is 254 g/mol. The van der Waals surface area contributed by atoms with Crippen LogP contribution in [0.1, 0.15) is 51.0 Å².